The summed E-state index contributed by atoms with van der Waals surface area (Å²) in [5, 5.41) is 12.0. The second kappa shape index (κ2) is 10.9. The zero-order valence-electron chi connectivity index (χ0n) is 19.6. The van der Waals surface area contributed by atoms with E-state index in [-0.39, 0.29) is 40.9 Å². The average Bonchev–Trinajstić information content (AvgIpc) is 3.49. The van der Waals surface area contributed by atoms with Gasteiger partial charge in [-0.15, -0.1) is 0 Å². The maximum atomic E-state index is 14.2. The van der Waals surface area contributed by atoms with Crippen LogP contribution in [0.25, 0.3) is 10.9 Å². The Hall–Kier alpha value is -4.12. The third kappa shape index (κ3) is 5.67. The van der Waals surface area contributed by atoms with Crippen LogP contribution in [0.2, 0.25) is 5.02 Å². The van der Waals surface area contributed by atoms with Gasteiger partial charge in [-0.2, -0.15) is 0 Å². The molecule has 37 heavy (non-hydrogen) atoms. The second-order valence-corrected chi connectivity index (χ2v) is 8.98. The summed E-state index contributed by atoms with van der Waals surface area (Å²) < 4.78 is 20.9. The number of aliphatic carboxylic acids is 1. The average molecular weight is 531 g/mol. The highest BCUT2D eigenvalue weighted by Gasteiger charge is 2.34. The molecule has 2 heterocycles. The molecule has 4 N–H and O–H groups in total. The number of amides is 3. The number of fused-ring (bicyclic) bond motifs is 1. The molecule has 1 aliphatic heterocycles. The fourth-order valence-corrected chi connectivity index (χ4v) is 4.59. The number of carbonyl (C=O) groups excluding carboxylic acids is 3. The SMILES string of the molecule is NC(=O)c1cn(CC(=O)N2CCC[C@H]2C(=O)NCc2cccc(Cl)c2F)c2cc(OCC(=O)O)ccc12. The van der Waals surface area contributed by atoms with Crippen molar-refractivity contribution < 1.29 is 33.4 Å². The van der Waals surface area contributed by atoms with E-state index in [2.05, 4.69) is 5.32 Å². The molecule has 12 heteroatoms. The number of hydrogen-bond donors (Lipinski definition) is 3. The Bertz CT molecular complexity index is 1390. The van der Waals surface area contributed by atoms with Crippen molar-refractivity contribution >= 4 is 46.2 Å². The molecule has 4 rings (SSSR count). The van der Waals surface area contributed by atoms with Gasteiger partial charge in [0, 0.05) is 36.3 Å². The van der Waals surface area contributed by atoms with Crippen LogP contribution in [0.15, 0.2) is 42.6 Å². The van der Waals surface area contributed by atoms with Gasteiger partial charge in [-0.25, -0.2) is 9.18 Å². The van der Waals surface area contributed by atoms with Crippen LogP contribution in [0, 0.1) is 5.82 Å². The number of hydrogen-bond acceptors (Lipinski definition) is 5. The van der Waals surface area contributed by atoms with Crippen molar-refractivity contribution in [2.45, 2.75) is 32.0 Å². The van der Waals surface area contributed by atoms with E-state index in [0.717, 1.165) is 0 Å². The van der Waals surface area contributed by atoms with Gasteiger partial charge in [0.1, 0.15) is 24.2 Å². The number of likely N-dealkylation sites (tertiary alicyclic amines) is 1. The number of carboxylic acid groups (broad SMARTS) is 1. The van der Waals surface area contributed by atoms with Crippen LogP contribution >= 0.6 is 11.6 Å². The Balaban J connectivity index is 1.51. The summed E-state index contributed by atoms with van der Waals surface area (Å²) >= 11 is 5.80. The van der Waals surface area contributed by atoms with E-state index in [1.165, 1.54) is 39.9 Å². The van der Waals surface area contributed by atoms with Gasteiger partial charge in [0.05, 0.1) is 16.1 Å². The number of carbonyl (C=O) groups is 4. The molecule has 0 bridgehead atoms. The van der Waals surface area contributed by atoms with Crippen molar-refractivity contribution in [2.24, 2.45) is 5.73 Å². The molecule has 194 valence electrons. The first-order chi connectivity index (χ1) is 17.7. The van der Waals surface area contributed by atoms with Crippen LogP contribution in [0.4, 0.5) is 4.39 Å². The Morgan fingerprint density at radius 2 is 2.00 bits per heavy atom. The molecule has 0 saturated carbocycles. The lowest BCUT2D eigenvalue weighted by molar-refractivity contribution is -0.139. The lowest BCUT2D eigenvalue weighted by Crippen LogP contribution is -2.46. The van der Waals surface area contributed by atoms with Crippen molar-refractivity contribution in [2.75, 3.05) is 13.2 Å². The number of nitrogens with two attached hydrogens (primary N) is 1. The van der Waals surface area contributed by atoms with E-state index in [0.29, 0.717) is 30.3 Å². The van der Waals surface area contributed by atoms with Gasteiger partial charge in [-0.3, -0.25) is 14.4 Å². The molecule has 1 aromatic heterocycles. The molecule has 0 spiro atoms. The molecule has 0 aliphatic carbocycles. The molecule has 3 amide bonds. The second-order valence-electron chi connectivity index (χ2n) is 8.57. The Morgan fingerprint density at radius 3 is 2.73 bits per heavy atom. The van der Waals surface area contributed by atoms with Crippen molar-refractivity contribution in [3.63, 3.8) is 0 Å². The van der Waals surface area contributed by atoms with Crippen molar-refractivity contribution in [3.8, 4) is 5.75 Å². The van der Waals surface area contributed by atoms with Crippen LogP contribution in [-0.4, -0.2) is 57.5 Å². The van der Waals surface area contributed by atoms with Gasteiger partial charge in [0.2, 0.25) is 11.8 Å². The highest BCUT2D eigenvalue weighted by atomic mass is 35.5. The summed E-state index contributed by atoms with van der Waals surface area (Å²) in [6.45, 7) is -0.472. The minimum absolute atomic E-state index is 0.0461. The van der Waals surface area contributed by atoms with Crippen molar-refractivity contribution in [1.82, 2.24) is 14.8 Å². The zero-order chi connectivity index (χ0) is 26.7. The maximum absolute atomic E-state index is 14.2. The fourth-order valence-electron chi connectivity index (χ4n) is 4.39. The van der Waals surface area contributed by atoms with Gasteiger partial charge in [-0.05, 0) is 31.0 Å². The number of rotatable bonds is 9. The fraction of sp³-hybridized carbons (Fsp3) is 0.280. The number of aromatic nitrogens is 1. The lowest BCUT2D eigenvalue weighted by atomic mass is 10.1. The maximum Gasteiger partial charge on any atom is 0.341 e. The molecule has 2 aromatic carbocycles. The Kier molecular flexibility index (Phi) is 7.63. The zero-order valence-corrected chi connectivity index (χ0v) is 20.3. The van der Waals surface area contributed by atoms with E-state index in [1.54, 1.807) is 12.1 Å². The Labute approximate surface area is 215 Å². The smallest absolute Gasteiger partial charge is 0.341 e. The van der Waals surface area contributed by atoms with Crippen LogP contribution in [0.5, 0.6) is 5.75 Å². The van der Waals surface area contributed by atoms with Crippen LogP contribution in [-0.2, 0) is 27.5 Å². The predicted molar refractivity (Wildman–Crippen MR) is 132 cm³/mol. The normalized spacial score (nSPS) is 15.1. The van der Waals surface area contributed by atoms with Gasteiger partial charge >= 0.3 is 5.97 Å². The summed E-state index contributed by atoms with van der Waals surface area (Å²) in [6, 6.07) is 8.37. The van der Waals surface area contributed by atoms with Gasteiger partial charge in [0.15, 0.2) is 6.61 Å². The number of ether oxygens (including phenoxy) is 1. The molecule has 1 saturated heterocycles. The lowest BCUT2D eigenvalue weighted by Gasteiger charge is -2.24. The summed E-state index contributed by atoms with van der Waals surface area (Å²) in [6.07, 6.45) is 2.50. The van der Waals surface area contributed by atoms with Crippen LogP contribution in [0.3, 0.4) is 0 Å². The number of carboxylic acids is 1. The first-order valence-electron chi connectivity index (χ1n) is 11.4. The van der Waals surface area contributed by atoms with Crippen molar-refractivity contribution in [1.29, 1.82) is 0 Å². The molecule has 1 fully saturated rings. The molecular formula is C25H24ClFN4O6. The van der Waals surface area contributed by atoms with Crippen LogP contribution in [0.1, 0.15) is 28.8 Å². The van der Waals surface area contributed by atoms with E-state index in [9.17, 15) is 23.6 Å². The Morgan fingerprint density at radius 1 is 1.22 bits per heavy atom. The first kappa shape index (κ1) is 26.0. The summed E-state index contributed by atoms with van der Waals surface area (Å²) in [7, 11) is 0. The number of nitrogens with zero attached hydrogens (tertiary/aromatic N) is 2. The minimum Gasteiger partial charge on any atom is -0.482 e. The number of benzene rings is 2. The van der Waals surface area contributed by atoms with E-state index < -0.39 is 36.2 Å². The molecule has 3 aromatic rings. The molecule has 10 nitrogen and oxygen atoms in total. The minimum atomic E-state index is -1.15. The topological polar surface area (TPSA) is 144 Å². The van der Waals surface area contributed by atoms with Gasteiger partial charge in [0.25, 0.3) is 5.91 Å². The predicted octanol–water partition coefficient (Wildman–Crippen LogP) is 2.30. The number of nitrogens with one attached hydrogen (secondary N) is 1. The molecular weight excluding hydrogens is 507 g/mol. The largest absolute Gasteiger partial charge is 0.482 e. The highest BCUT2D eigenvalue weighted by molar-refractivity contribution is 6.30. The monoisotopic (exact) mass is 530 g/mol. The highest BCUT2D eigenvalue weighted by Crippen LogP contribution is 2.27. The summed E-state index contributed by atoms with van der Waals surface area (Å²) in [5.41, 5.74) is 6.37. The first-order valence-corrected chi connectivity index (χ1v) is 11.8. The van der Waals surface area contributed by atoms with E-state index in [1.807, 2.05) is 0 Å². The quantitative estimate of drug-likeness (QED) is 0.387. The third-order valence-electron chi connectivity index (χ3n) is 6.15. The van der Waals surface area contributed by atoms with E-state index in [4.69, 9.17) is 27.2 Å². The number of primary amides is 1. The van der Waals surface area contributed by atoms with Gasteiger partial charge < -0.3 is 30.4 Å². The summed E-state index contributed by atoms with van der Waals surface area (Å²) in [5.74, 6) is -2.99. The molecule has 1 atom stereocenters. The van der Waals surface area contributed by atoms with E-state index >= 15 is 0 Å². The summed E-state index contributed by atoms with van der Waals surface area (Å²) in [4.78, 5) is 50.4. The molecule has 1 aliphatic rings. The molecule has 0 radical (unpaired) electrons. The number of halogens is 2. The van der Waals surface area contributed by atoms with Gasteiger partial charge in [-0.1, -0.05) is 23.7 Å². The molecule has 0 unspecified atom stereocenters. The van der Waals surface area contributed by atoms with Crippen molar-refractivity contribution in [3.05, 3.63) is 64.6 Å². The standard InChI is InChI=1S/C25H24ClFN4O6/c26-18-4-1-3-14(23(18)27)10-29-25(36)19-5-2-8-31(19)21(32)12-30-11-17(24(28)35)16-7-6-15(9-20(16)30)37-13-22(33)34/h1,3-4,6-7,9,11,19H,2,5,8,10,12-13H2,(H2,28,35)(H,29,36)(H,33,34)/t19-/m0/s1. The van der Waals surface area contributed by atoms with Crippen LogP contribution < -0.4 is 15.8 Å². The third-order valence-corrected chi connectivity index (χ3v) is 6.44.